The van der Waals surface area contributed by atoms with Crippen LogP contribution in [0.4, 0.5) is 0 Å². The number of hydrogen-bond acceptors (Lipinski definition) is 4. The molecule has 0 bridgehead atoms. The standard InChI is InChI=1S/C11H11N5O2/c1-3-7-8(10(17)13-2)15-9-6(4-12)5-14-16(9)11(7)18/h5,15H,3H2,1-2H3,(H,13,17). The van der Waals surface area contributed by atoms with Crippen molar-refractivity contribution in [2.45, 2.75) is 13.3 Å². The first-order valence-corrected chi connectivity index (χ1v) is 5.39. The third-order valence-electron chi connectivity index (χ3n) is 2.69. The molecule has 0 radical (unpaired) electrons. The fourth-order valence-corrected chi connectivity index (χ4v) is 1.78. The van der Waals surface area contributed by atoms with Gasteiger partial charge in [0.1, 0.15) is 17.3 Å². The van der Waals surface area contributed by atoms with Crippen molar-refractivity contribution in [3.8, 4) is 6.07 Å². The van der Waals surface area contributed by atoms with Crippen molar-refractivity contribution in [3.05, 3.63) is 33.4 Å². The summed E-state index contributed by atoms with van der Waals surface area (Å²) >= 11 is 0. The molecule has 0 unspecified atom stereocenters. The maximum atomic E-state index is 12.1. The minimum absolute atomic E-state index is 0.175. The summed E-state index contributed by atoms with van der Waals surface area (Å²) in [5.74, 6) is -0.392. The quantitative estimate of drug-likeness (QED) is 0.765. The van der Waals surface area contributed by atoms with E-state index in [1.165, 1.54) is 13.2 Å². The molecule has 0 saturated carbocycles. The summed E-state index contributed by atoms with van der Waals surface area (Å²) in [6.45, 7) is 1.78. The van der Waals surface area contributed by atoms with Crippen LogP contribution in [0.1, 0.15) is 28.5 Å². The molecule has 2 N–H and O–H groups in total. The molecular weight excluding hydrogens is 234 g/mol. The van der Waals surface area contributed by atoms with Crippen LogP contribution in [-0.4, -0.2) is 27.6 Å². The van der Waals surface area contributed by atoms with Crippen molar-refractivity contribution < 1.29 is 4.79 Å². The second kappa shape index (κ2) is 4.33. The van der Waals surface area contributed by atoms with Crippen LogP contribution in [0.25, 0.3) is 5.65 Å². The second-order valence-corrected chi connectivity index (χ2v) is 3.65. The van der Waals surface area contributed by atoms with Gasteiger partial charge in [0.05, 0.1) is 6.20 Å². The van der Waals surface area contributed by atoms with E-state index in [0.29, 0.717) is 12.0 Å². The predicted octanol–water partition coefficient (Wildman–Crippen LogP) is -0.184. The Morgan fingerprint density at radius 2 is 2.39 bits per heavy atom. The Labute approximate surface area is 102 Å². The molecule has 0 aliphatic heterocycles. The highest BCUT2D eigenvalue weighted by atomic mass is 16.2. The summed E-state index contributed by atoms with van der Waals surface area (Å²) in [6, 6.07) is 1.91. The Hall–Kier alpha value is -2.62. The summed E-state index contributed by atoms with van der Waals surface area (Å²) in [5.41, 5.74) is 0.591. The lowest BCUT2D eigenvalue weighted by atomic mass is 10.1. The van der Waals surface area contributed by atoms with Crippen LogP contribution in [0, 0.1) is 11.3 Å². The van der Waals surface area contributed by atoms with Crippen LogP contribution in [-0.2, 0) is 6.42 Å². The second-order valence-electron chi connectivity index (χ2n) is 3.65. The van der Waals surface area contributed by atoms with Crippen LogP contribution < -0.4 is 10.9 Å². The lowest BCUT2D eigenvalue weighted by molar-refractivity contribution is 0.0957. The van der Waals surface area contributed by atoms with Gasteiger partial charge in [0.25, 0.3) is 11.5 Å². The normalized spacial score (nSPS) is 10.3. The highest BCUT2D eigenvalue weighted by Gasteiger charge is 2.18. The molecular formula is C11H11N5O2. The van der Waals surface area contributed by atoms with Crippen LogP contribution in [0.2, 0.25) is 0 Å². The first-order chi connectivity index (χ1) is 8.63. The Bertz CT molecular complexity index is 719. The molecule has 0 aliphatic rings. The largest absolute Gasteiger partial charge is 0.354 e. The molecule has 2 rings (SSSR count). The number of nitriles is 1. The molecule has 0 fully saturated rings. The third-order valence-corrected chi connectivity index (χ3v) is 2.69. The lowest BCUT2D eigenvalue weighted by Crippen LogP contribution is -2.29. The smallest absolute Gasteiger partial charge is 0.278 e. The number of aromatic amines is 1. The topological polar surface area (TPSA) is 103 Å². The average molecular weight is 245 g/mol. The van der Waals surface area contributed by atoms with Gasteiger partial charge in [-0.15, -0.1) is 0 Å². The van der Waals surface area contributed by atoms with Crippen molar-refractivity contribution >= 4 is 11.6 Å². The fraction of sp³-hybridized carbons (Fsp3) is 0.273. The number of carbonyl (C=O) groups is 1. The van der Waals surface area contributed by atoms with Crippen LogP contribution in [0.3, 0.4) is 0 Å². The summed E-state index contributed by atoms with van der Waals surface area (Å²) in [4.78, 5) is 26.6. The molecule has 0 atom stereocenters. The molecule has 2 aromatic rings. The number of nitrogens with zero attached hydrogens (tertiary/aromatic N) is 3. The summed E-state index contributed by atoms with van der Waals surface area (Å²) in [5, 5.41) is 15.2. The number of nitrogens with one attached hydrogen (secondary N) is 2. The molecule has 0 aromatic carbocycles. The van der Waals surface area contributed by atoms with Crippen LogP contribution >= 0.6 is 0 Å². The predicted molar refractivity (Wildman–Crippen MR) is 63.3 cm³/mol. The van der Waals surface area contributed by atoms with Crippen molar-refractivity contribution in [2.75, 3.05) is 7.05 Å². The number of fused-ring (bicyclic) bond motifs is 1. The van der Waals surface area contributed by atoms with Gasteiger partial charge in [0, 0.05) is 12.6 Å². The van der Waals surface area contributed by atoms with E-state index in [1.807, 2.05) is 6.07 Å². The molecule has 0 aliphatic carbocycles. The molecule has 1 amide bonds. The van der Waals surface area contributed by atoms with Gasteiger partial charge in [0.15, 0.2) is 5.65 Å². The summed E-state index contributed by atoms with van der Waals surface area (Å²) in [6.07, 6.45) is 1.69. The van der Waals surface area contributed by atoms with Crippen molar-refractivity contribution in [1.29, 1.82) is 5.26 Å². The zero-order valence-electron chi connectivity index (χ0n) is 9.94. The van der Waals surface area contributed by atoms with E-state index in [0.717, 1.165) is 4.52 Å². The van der Waals surface area contributed by atoms with Crippen molar-refractivity contribution in [1.82, 2.24) is 19.9 Å². The molecule has 2 heterocycles. The lowest BCUT2D eigenvalue weighted by Gasteiger charge is -2.06. The van der Waals surface area contributed by atoms with E-state index in [2.05, 4.69) is 15.4 Å². The van der Waals surface area contributed by atoms with Crippen molar-refractivity contribution in [2.24, 2.45) is 0 Å². The van der Waals surface area contributed by atoms with Crippen molar-refractivity contribution in [3.63, 3.8) is 0 Å². The molecule has 92 valence electrons. The number of carbonyl (C=O) groups excluding carboxylic acids is 1. The van der Waals surface area contributed by atoms with Crippen LogP contribution in [0.5, 0.6) is 0 Å². The Morgan fingerprint density at radius 1 is 1.67 bits per heavy atom. The van der Waals surface area contributed by atoms with E-state index >= 15 is 0 Å². The molecule has 18 heavy (non-hydrogen) atoms. The van der Waals surface area contributed by atoms with Gasteiger partial charge in [-0.25, -0.2) is 0 Å². The molecule has 0 spiro atoms. The fourth-order valence-electron chi connectivity index (χ4n) is 1.78. The third kappa shape index (κ3) is 1.55. The highest BCUT2D eigenvalue weighted by molar-refractivity contribution is 5.94. The van der Waals surface area contributed by atoms with Gasteiger partial charge >= 0.3 is 0 Å². The van der Waals surface area contributed by atoms with Gasteiger partial charge in [-0.2, -0.15) is 14.9 Å². The average Bonchev–Trinajstić information content (AvgIpc) is 2.80. The van der Waals surface area contributed by atoms with E-state index in [1.54, 1.807) is 6.92 Å². The maximum absolute atomic E-state index is 12.1. The number of aromatic nitrogens is 3. The minimum Gasteiger partial charge on any atom is -0.354 e. The molecule has 0 saturated heterocycles. The number of rotatable bonds is 2. The summed E-state index contributed by atoms with van der Waals surface area (Å²) in [7, 11) is 1.48. The van der Waals surface area contributed by atoms with E-state index in [4.69, 9.17) is 5.26 Å². The number of H-pyrrole nitrogens is 1. The summed E-state index contributed by atoms with van der Waals surface area (Å²) < 4.78 is 1.10. The number of amides is 1. The first-order valence-electron chi connectivity index (χ1n) is 5.39. The van der Waals surface area contributed by atoms with E-state index in [9.17, 15) is 9.59 Å². The minimum atomic E-state index is -0.392. The zero-order chi connectivity index (χ0) is 13.3. The van der Waals surface area contributed by atoms with Gasteiger partial charge in [0.2, 0.25) is 0 Å². The number of hydrogen-bond donors (Lipinski definition) is 2. The van der Waals surface area contributed by atoms with E-state index in [-0.39, 0.29) is 22.5 Å². The van der Waals surface area contributed by atoms with Crippen LogP contribution in [0.15, 0.2) is 11.0 Å². The monoisotopic (exact) mass is 245 g/mol. The van der Waals surface area contributed by atoms with Gasteiger partial charge < -0.3 is 10.3 Å². The molecule has 7 heteroatoms. The Balaban J connectivity index is 2.90. The molecule has 2 aromatic heterocycles. The van der Waals surface area contributed by atoms with E-state index < -0.39 is 5.91 Å². The SMILES string of the molecule is CCc1c(C(=O)NC)[nH]c2c(C#N)cnn2c1=O. The Kier molecular flexibility index (Phi) is 2.85. The zero-order valence-corrected chi connectivity index (χ0v) is 9.94. The highest BCUT2D eigenvalue weighted by Crippen LogP contribution is 2.09. The Morgan fingerprint density at radius 3 is 2.94 bits per heavy atom. The van der Waals surface area contributed by atoms with Gasteiger partial charge in [-0.05, 0) is 6.42 Å². The van der Waals surface area contributed by atoms with Gasteiger partial charge in [-0.3, -0.25) is 9.59 Å². The first kappa shape index (κ1) is 11.9. The van der Waals surface area contributed by atoms with Gasteiger partial charge in [-0.1, -0.05) is 6.92 Å². The maximum Gasteiger partial charge on any atom is 0.278 e. The molecule has 7 nitrogen and oxygen atoms in total.